The van der Waals surface area contributed by atoms with Crippen LogP contribution in [-0.4, -0.2) is 28.2 Å². The van der Waals surface area contributed by atoms with Gasteiger partial charge in [-0.05, 0) is 38.8 Å². The molecule has 142 valence electrons. The smallest absolute Gasteiger partial charge is 0.225 e. The number of aliphatic hydroxyl groups excluding tert-OH is 1. The van der Waals surface area contributed by atoms with Gasteiger partial charge in [0.2, 0.25) is 5.95 Å². The molecule has 3 heterocycles. The second-order valence-electron chi connectivity index (χ2n) is 7.09. The monoisotopic (exact) mass is 358 g/mol. The van der Waals surface area contributed by atoms with Gasteiger partial charge in [-0.1, -0.05) is 19.3 Å². The Kier molecular flexibility index (Phi) is 6.63. The molecule has 1 aliphatic rings. The van der Waals surface area contributed by atoms with Crippen LogP contribution < -0.4 is 10.2 Å². The van der Waals surface area contributed by atoms with Crippen LogP contribution in [-0.2, 0) is 13.2 Å². The lowest BCUT2D eigenvalue weighted by molar-refractivity contribution is 0.242. The van der Waals surface area contributed by atoms with E-state index >= 15 is 0 Å². The van der Waals surface area contributed by atoms with Gasteiger partial charge in [0.25, 0.3) is 0 Å². The lowest BCUT2D eigenvalue weighted by atomic mass is 10.1. The third kappa shape index (κ3) is 4.83. The number of furan rings is 1. The molecule has 6 heteroatoms. The zero-order valence-electron chi connectivity index (χ0n) is 15.9. The minimum atomic E-state index is -0.0690. The van der Waals surface area contributed by atoms with Crippen LogP contribution in [0.2, 0.25) is 0 Å². The molecule has 0 bridgehead atoms. The molecular weight excluding hydrogens is 328 g/mol. The van der Waals surface area contributed by atoms with Crippen molar-refractivity contribution in [1.29, 1.82) is 0 Å². The topological polar surface area (TPSA) is 74.4 Å². The molecule has 1 saturated heterocycles. The fourth-order valence-electron chi connectivity index (χ4n) is 3.46. The summed E-state index contributed by atoms with van der Waals surface area (Å²) in [4.78, 5) is 11.8. The van der Waals surface area contributed by atoms with Crippen molar-refractivity contribution in [3.05, 3.63) is 41.1 Å². The van der Waals surface area contributed by atoms with Crippen LogP contribution in [0.1, 0.15) is 67.8 Å². The number of aliphatic hydroxyl groups is 1. The van der Waals surface area contributed by atoms with Crippen LogP contribution in [0.25, 0.3) is 0 Å². The molecule has 0 saturated carbocycles. The van der Waals surface area contributed by atoms with Gasteiger partial charge in [0.1, 0.15) is 18.1 Å². The van der Waals surface area contributed by atoms with E-state index in [1.165, 1.54) is 32.1 Å². The number of aryl methyl sites for hydroxylation is 1. The predicted octanol–water partition coefficient (Wildman–Crippen LogP) is 3.49. The van der Waals surface area contributed by atoms with E-state index in [1.54, 1.807) is 6.07 Å². The van der Waals surface area contributed by atoms with Crippen molar-refractivity contribution < 1.29 is 9.52 Å². The van der Waals surface area contributed by atoms with Gasteiger partial charge >= 0.3 is 0 Å². The van der Waals surface area contributed by atoms with Crippen molar-refractivity contribution in [2.75, 3.05) is 18.0 Å². The lowest BCUT2D eigenvalue weighted by Gasteiger charge is -2.25. The van der Waals surface area contributed by atoms with E-state index in [-0.39, 0.29) is 12.6 Å². The summed E-state index contributed by atoms with van der Waals surface area (Å²) in [6.07, 6.45) is 8.36. The highest BCUT2D eigenvalue weighted by Gasteiger charge is 2.16. The Labute approximate surface area is 155 Å². The molecule has 0 spiro atoms. The Morgan fingerprint density at radius 1 is 1.15 bits per heavy atom. The number of anilines is 1. The standard InChI is InChI=1S/C20H30N4O2/c1-15(21-12-17-8-9-18(14-25)26-17)19-13-22-20(23-16(19)2)24-10-6-4-3-5-7-11-24/h8-9,13,15,21,25H,3-7,10-12,14H2,1-2H3/t15-/m0/s1. The van der Waals surface area contributed by atoms with Crippen molar-refractivity contribution >= 4 is 5.95 Å². The molecule has 1 aliphatic heterocycles. The minimum Gasteiger partial charge on any atom is -0.462 e. The van der Waals surface area contributed by atoms with E-state index in [1.807, 2.05) is 12.3 Å². The first-order chi connectivity index (χ1) is 12.7. The Morgan fingerprint density at radius 3 is 2.50 bits per heavy atom. The van der Waals surface area contributed by atoms with Crippen molar-refractivity contribution in [3.8, 4) is 0 Å². The average Bonchev–Trinajstić information content (AvgIpc) is 3.07. The normalized spacial score (nSPS) is 17.0. The number of aromatic nitrogens is 2. The Balaban J connectivity index is 1.62. The zero-order chi connectivity index (χ0) is 18.4. The number of nitrogens with zero attached hydrogens (tertiary/aromatic N) is 3. The van der Waals surface area contributed by atoms with Crippen LogP contribution in [0.3, 0.4) is 0 Å². The molecule has 3 rings (SSSR count). The minimum absolute atomic E-state index is 0.0690. The lowest BCUT2D eigenvalue weighted by Crippen LogP contribution is -2.29. The fourth-order valence-corrected chi connectivity index (χ4v) is 3.46. The van der Waals surface area contributed by atoms with Crippen molar-refractivity contribution in [3.63, 3.8) is 0 Å². The number of hydrogen-bond acceptors (Lipinski definition) is 6. The van der Waals surface area contributed by atoms with Gasteiger partial charge in [-0.25, -0.2) is 9.97 Å². The summed E-state index contributed by atoms with van der Waals surface area (Å²) < 4.78 is 5.52. The molecule has 2 aromatic rings. The molecule has 0 amide bonds. The predicted molar refractivity (Wildman–Crippen MR) is 102 cm³/mol. The van der Waals surface area contributed by atoms with E-state index < -0.39 is 0 Å². The largest absolute Gasteiger partial charge is 0.462 e. The first-order valence-electron chi connectivity index (χ1n) is 9.67. The summed E-state index contributed by atoms with van der Waals surface area (Å²) in [5.41, 5.74) is 2.13. The fraction of sp³-hybridized carbons (Fsp3) is 0.600. The molecule has 2 aromatic heterocycles. The van der Waals surface area contributed by atoms with Crippen LogP contribution in [0.5, 0.6) is 0 Å². The highest BCUT2D eigenvalue weighted by Crippen LogP contribution is 2.20. The maximum Gasteiger partial charge on any atom is 0.225 e. The third-order valence-electron chi connectivity index (χ3n) is 5.07. The van der Waals surface area contributed by atoms with E-state index in [4.69, 9.17) is 14.5 Å². The highest BCUT2D eigenvalue weighted by molar-refractivity contribution is 5.34. The summed E-state index contributed by atoms with van der Waals surface area (Å²) in [5, 5.41) is 12.5. The molecule has 0 aliphatic carbocycles. The van der Waals surface area contributed by atoms with Crippen molar-refractivity contribution in [2.24, 2.45) is 0 Å². The van der Waals surface area contributed by atoms with Gasteiger partial charge in [0.15, 0.2) is 0 Å². The highest BCUT2D eigenvalue weighted by atomic mass is 16.4. The maximum atomic E-state index is 9.07. The second kappa shape index (κ2) is 9.14. The van der Waals surface area contributed by atoms with Gasteiger partial charge in [-0.3, -0.25) is 0 Å². The van der Waals surface area contributed by atoms with Gasteiger partial charge in [-0.15, -0.1) is 0 Å². The Hall–Kier alpha value is -1.92. The Bertz CT molecular complexity index is 693. The van der Waals surface area contributed by atoms with Gasteiger partial charge < -0.3 is 19.7 Å². The van der Waals surface area contributed by atoms with Gasteiger partial charge in [-0.2, -0.15) is 0 Å². The zero-order valence-corrected chi connectivity index (χ0v) is 15.9. The van der Waals surface area contributed by atoms with Crippen LogP contribution in [0, 0.1) is 6.92 Å². The van der Waals surface area contributed by atoms with E-state index in [9.17, 15) is 0 Å². The second-order valence-corrected chi connectivity index (χ2v) is 7.09. The van der Waals surface area contributed by atoms with Crippen LogP contribution >= 0.6 is 0 Å². The first-order valence-corrected chi connectivity index (χ1v) is 9.67. The summed E-state index contributed by atoms with van der Waals surface area (Å²) in [5.74, 6) is 2.27. The average molecular weight is 358 g/mol. The van der Waals surface area contributed by atoms with E-state index in [0.717, 1.165) is 36.1 Å². The van der Waals surface area contributed by atoms with Crippen molar-refractivity contribution in [1.82, 2.24) is 15.3 Å². The molecule has 0 unspecified atom stereocenters. The number of rotatable bonds is 6. The summed E-state index contributed by atoms with van der Waals surface area (Å²) in [6.45, 7) is 6.81. The molecule has 26 heavy (non-hydrogen) atoms. The third-order valence-corrected chi connectivity index (χ3v) is 5.07. The quantitative estimate of drug-likeness (QED) is 0.823. The van der Waals surface area contributed by atoms with E-state index in [2.05, 4.69) is 29.0 Å². The first kappa shape index (κ1) is 18.9. The van der Waals surface area contributed by atoms with Crippen molar-refractivity contribution in [2.45, 2.75) is 65.1 Å². The molecule has 1 fully saturated rings. The number of hydrogen-bond donors (Lipinski definition) is 2. The van der Waals surface area contributed by atoms with Gasteiger partial charge in [0.05, 0.1) is 6.54 Å². The SMILES string of the molecule is Cc1nc(N2CCCCCCC2)ncc1[C@H](C)NCc1ccc(CO)o1. The summed E-state index contributed by atoms with van der Waals surface area (Å²) in [6, 6.07) is 3.81. The molecular formula is C20H30N4O2. The number of nitrogens with one attached hydrogen (secondary N) is 1. The molecule has 6 nitrogen and oxygen atoms in total. The molecule has 2 N–H and O–H groups in total. The Morgan fingerprint density at radius 2 is 1.85 bits per heavy atom. The maximum absolute atomic E-state index is 9.07. The molecule has 0 aromatic carbocycles. The van der Waals surface area contributed by atoms with Gasteiger partial charge in [0, 0.05) is 36.6 Å². The van der Waals surface area contributed by atoms with Crippen LogP contribution in [0.4, 0.5) is 5.95 Å². The molecule has 1 atom stereocenters. The van der Waals surface area contributed by atoms with Crippen LogP contribution in [0.15, 0.2) is 22.7 Å². The summed E-state index contributed by atoms with van der Waals surface area (Å²) in [7, 11) is 0. The molecule has 0 radical (unpaired) electrons. The summed E-state index contributed by atoms with van der Waals surface area (Å²) >= 11 is 0. The van der Waals surface area contributed by atoms with E-state index in [0.29, 0.717) is 12.3 Å².